The number of hydrogen-bond donors (Lipinski definition) is 2. The average Bonchev–Trinajstić information content (AvgIpc) is 2.32. The van der Waals surface area contributed by atoms with Crippen LogP contribution < -0.4 is 5.84 Å². The molecule has 1 unspecified atom stereocenters. The zero-order valence-electron chi connectivity index (χ0n) is 6.20. The highest BCUT2D eigenvalue weighted by Crippen LogP contribution is 2.18. The van der Waals surface area contributed by atoms with Crippen LogP contribution in [0.3, 0.4) is 0 Å². The summed E-state index contributed by atoms with van der Waals surface area (Å²) in [6.07, 6.45) is 3.67. The summed E-state index contributed by atoms with van der Waals surface area (Å²) in [5.74, 6) is 5.58. The second-order valence-corrected chi connectivity index (χ2v) is 2.94. The van der Waals surface area contributed by atoms with Crippen molar-refractivity contribution in [3.8, 4) is 0 Å². The normalized spacial score (nSPS) is 23.2. The van der Waals surface area contributed by atoms with Crippen LogP contribution in [0.5, 0.6) is 0 Å². The molecule has 11 heavy (non-hydrogen) atoms. The Balaban J connectivity index is 2.36. The topological polar surface area (TPSA) is 64.1 Å². The quantitative estimate of drug-likeness (QED) is 0.491. The van der Waals surface area contributed by atoms with Gasteiger partial charge in [0.1, 0.15) is 6.33 Å². The Kier molecular flexibility index (Phi) is 1.35. The van der Waals surface area contributed by atoms with Crippen molar-refractivity contribution in [3.05, 3.63) is 17.7 Å². The zero-order chi connectivity index (χ0) is 7.84. The number of nitrogen functional groups attached to an aromatic ring is 1. The van der Waals surface area contributed by atoms with E-state index >= 15 is 0 Å². The molecule has 1 heterocycles. The van der Waals surface area contributed by atoms with Crippen molar-refractivity contribution in [2.24, 2.45) is 0 Å². The number of nitrogens with zero attached hydrogens (tertiary/aromatic N) is 2. The Morgan fingerprint density at radius 2 is 2.55 bits per heavy atom. The van der Waals surface area contributed by atoms with Crippen LogP contribution in [-0.2, 0) is 12.8 Å². The smallest absolute Gasteiger partial charge is 0.114 e. The third kappa shape index (κ3) is 0.991. The summed E-state index contributed by atoms with van der Waals surface area (Å²) in [6, 6.07) is 0. The van der Waals surface area contributed by atoms with Crippen LogP contribution in [0.2, 0.25) is 0 Å². The fourth-order valence-corrected chi connectivity index (χ4v) is 1.50. The van der Waals surface area contributed by atoms with E-state index in [1.165, 1.54) is 0 Å². The van der Waals surface area contributed by atoms with E-state index in [1.807, 2.05) is 0 Å². The molecule has 1 aromatic heterocycles. The largest absolute Gasteiger partial charge is 0.393 e. The first-order valence-electron chi connectivity index (χ1n) is 3.75. The number of rotatable bonds is 0. The van der Waals surface area contributed by atoms with Gasteiger partial charge in [0.2, 0.25) is 0 Å². The van der Waals surface area contributed by atoms with Crippen LogP contribution in [0, 0.1) is 0 Å². The molecule has 4 nitrogen and oxygen atoms in total. The lowest BCUT2D eigenvalue weighted by Crippen LogP contribution is -2.22. The minimum atomic E-state index is -0.225. The Labute approximate surface area is 64.6 Å². The van der Waals surface area contributed by atoms with Crippen molar-refractivity contribution in [2.75, 3.05) is 5.84 Å². The highest BCUT2D eigenvalue weighted by atomic mass is 16.3. The van der Waals surface area contributed by atoms with Gasteiger partial charge in [0.15, 0.2) is 0 Å². The maximum Gasteiger partial charge on any atom is 0.114 e. The molecular weight excluding hydrogens is 142 g/mol. The molecule has 0 saturated heterocycles. The molecule has 0 fully saturated rings. The van der Waals surface area contributed by atoms with E-state index in [1.54, 1.807) is 11.0 Å². The van der Waals surface area contributed by atoms with Gasteiger partial charge in [-0.3, -0.25) is 4.68 Å². The molecule has 0 aliphatic heterocycles. The van der Waals surface area contributed by atoms with E-state index in [4.69, 9.17) is 5.84 Å². The minimum absolute atomic E-state index is 0.225. The molecule has 1 atom stereocenters. The second-order valence-electron chi connectivity index (χ2n) is 2.94. The van der Waals surface area contributed by atoms with Gasteiger partial charge < -0.3 is 10.9 Å². The lowest BCUT2D eigenvalue weighted by molar-refractivity contribution is 0.156. The van der Waals surface area contributed by atoms with Gasteiger partial charge in [-0.2, -0.15) is 0 Å². The summed E-state index contributed by atoms with van der Waals surface area (Å²) < 4.78 is 1.54. The molecule has 4 heteroatoms. The van der Waals surface area contributed by atoms with Gasteiger partial charge in [0, 0.05) is 6.42 Å². The molecule has 60 valence electrons. The Bertz CT molecular complexity index is 269. The molecule has 0 amide bonds. The number of aliphatic hydroxyl groups is 1. The Hall–Kier alpha value is -1.03. The molecular formula is C7H11N3O. The second kappa shape index (κ2) is 2.23. The van der Waals surface area contributed by atoms with Crippen LogP contribution in [0.25, 0.3) is 0 Å². The predicted octanol–water partition coefficient (Wildman–Crippen LogP) is -0.554. The molecule has 0 radical (unpaired) electrons. The molecule has 0 spiro atoms. The molecule has 1 aliphatic rings. The maximum atomic E-state index is 9.28. The number of imidazole rings is 1. The summed E-state index contributed by atoms with van der Waals surface area (Å²) >= 11 is 0. The first-order chi connectivity index (χ1) is 5.27. The van der Waals surface area contributed by atoms with Crippen molar-refractivity contribution >= 4 is 0 Å². The molecule has 0 aromatic carbocycles. The lowest BCUT2D eigenvalue weighted by Gasteiger charge is -2.16. The monoisotopic (exact) mass is 153 g/mol. The van der Waals surface area contributed by atoms with Gasteiger partial charge in [-0.05, 0) is 12.8 Å². The van der Waals surface area contributed by atoms with Crippen molar-refractivity contribution in [1.29, 1.82) is 0 Å². The van der Waals surface area contributed by atoms with E-state index in [9.17, 15) is 5.11 Å². The van der Waals surface area contributed by atoms with Gasteiger partial charge in [-0.1, -0.05) is 0 Å². The van der Waals surface area contributed by atoms with Gasteiger partial charge in [0.05, 0.1) is 17.5 Å². The number of fused-ring (bicyclic) bond motifs is 1. The number of hydrogen-bond acceptors (Lipinski definition) is 3. The first kappa shape index (κ1) is 6.67. The molecule has 1 aliphatic carbocycles. The zero-order valence-corrected chi connectivity index (χ0v) is 6.20. The van der Waals surface area contributed by atoms with E-state index in [-0.39, 0.29) is 6.10 Å². The third-order valence-electron chi connectivity index (χ3n) is 2.13. The van der Waals surface area contributed by atoms with E-state index in [0.717, 1.165) is 24.2 Å². The van der Waals surface area contributed by atoms with E-state index in [0.29, 0.717) is 6.42 Å². The van der Waals surface area contributed by atoms with Crippen LogP contribution in [0.4, 0.5) is 0 Å². The van der Waals surface area contributed by atoms with Gasteiger partial charge in [-0.25, -0.2) is 4.98 Å². The maximum absolute atomic E-state index is 9.28. The predicted molar refractivity (Wildman–Crippen MR) is 40.4 cm³/mol. The van der Waals surface area contributed by atoms with E-state index < -0.39 is 0 Å². The summed E-state index contributed by atoms with van der Waals surface area (Å²) in [4.78, 5) is 4.08. The van der Waals surface area contributed by atoms with Gasteiger partial charge in [0.25, 0.3) is 0 Å². The van der Waals surface area contributed by atoms with Crippen LogP contribution >= 0.6 is 0 Å². The summed E-state index contributed by atoms with van der Waals surface area (Å²) in [5, 5.41) is 9.28. The van der Waals surface area contributed by atoms with Crippen LogP contribution in [-0.4, -0.2) is 20.9 Å². The van der Waals surface area contributed by atoms with Crippen molar-refractivity contribution < 1.29 is 5.11 Å². The first-order valence-corrected chi connectivity index (χ1v) is 3.75. The van der Waals surface area contributed by atoms with Crippen molar-refractivity contribution in [1.82, 2.24) is 9.66 Å². The van der Waals surface area contributed by atoms with Crippen LogP contribution in [0.1, 0.15) is 17.8 Å². The Morgan fingerprint density at radius 1 is 1.73 bits per heavy atom. The SMILES string of the molecule is Nn1cnc2c1CCC(O)C2. The summed E-state index contributed by atoms with van der Waals surface area (Å²) in [7, 11) is 0. The summed E-state index contributed by atoms with van der Waals surface area (Å²) in [6.45, 7) is 0. The fourth-order valence-electron chi connectivity index (χ4n) is 1.50. The van der Waals surface area contributed by atoms with Crippen molar-refractivity contribution in [3.63, 3.8) is 0 Å². The highest BCUT2D eigenvalue weighted by Gasteiger charge is 2.19. The third-order valence-corrected chi connectivity index (χ3v) is 2.13. The van der Waals surface area contributed by atoms with Crippen LogP contribution in [0.15, 0.2) is 6.33 Å². The fraction of sp³-hybridized carbons (Fsp3) is 0.571. The molecule has 0 bridgehead atoms. The molecule has 3 N–H and O–H groups in total. The van der Waals surface area contributed by atoms with E-state index in [2.05, 4.69) is 4.98 Å². The number of nitrogens with two attached hydrogens (primary N) is 1. The molecule has 2 rings (SSSR count). The molecule has 0 saturated carbocycles. The number of aromatic nitrogens is 2. The molecule has 1 aromatic rings. The summed E-state index contributed by atoms with van der Waals surface area (Å²) in [5.41, 5.74) is 2.02. The van der Waals surface area contributed by atoms with Gasteiger partial charge in [-0.15, -0.1) is 0 Å². The van der Waals surface area contributed by atoms with Gasteiger partial charge >= 0.3 is 0 Å². The Morgan fingerprint density at radius 3 is 3.36 bits per heavy atom. The standard InChI is InChI=1S/C7H11N3O/c8-10-4-9-6-3-5(11)1-2-7(6)10/h4-5,11H,1-3,8H2. The average molecular weight is 153 g/mol. The minimum Gasteiger partial charge on any atom is -0.393 e. The number of aliphatic hydroxyl groups excluding tert-OH is 1. The lowest BCUT2D eigenvalue weighted by atomic mass is 9.99. The van der Waals surface area contributed by atoms with Crippen molar-refractivity contribution in [2.45, 2.75) is 25.4 Å². The highest BCUT2D eigenvalue weighted by molar-refractivity contribution is 5.17.